The summed E-state index contributed by atoms with van der Waals surface area (Å²) in [6.45, 7) is 7.37. The number of nitrogens with one attached hydrogen (secondary N) is 1. The van der Waals surface area contributed by atoms with Crippen LogP contribution in [0.1, 0.15) is 47.7 Å². The van der Waals surface area contributed by atoms with Crippen LogP contribution in [0.15, 0.2) is 42.5 Å². The largest absolute Gasteiger partial charge is 0.494 e. The Morgan fingerprint density at radius 3 is 2.57 bits per heavy atom. The number of benzene rings is 2. The Morgan fingerprint density at radius 2 is 1.89 bits per heavy atom. The molecule has 5 heteroatoms. The molecule has 0 aromatic heterocycles. The molecule has 0 saturated carbocycles. The van der Waals surface area contributed by atoms with Gasteiger partial charge in [-0.25, -0.2) is 0 Å². The Labute approximate surface area is 166 Å². The molecule has 1 N–H and O–H groups in total. The summed E-state index contributed by atoms with van der Waals surface area (Å²) in [6.07, 6.45) is 2.41. The molecule has 0 spiro atoms. The van der Waals surface area contributed by atoms with Gasteiger partial charge in [0.15, 0.2) is 0 Å². The number of aryl methyl sites for hydroxylation is 2. The van der Waals surface area contributed by atoms with Gasteiger partial charge in [-0.05, 0) is 67.8 Å². The lowest BCUT2D eigenvalue weighted by Crippen LogP contribution is -2.37. The predicted molar refractivity (Wildman–Crippen MR) is 111 cm³/mol. The minimum absolute atomic E-state index is 0.0354. The van der Waals surface area contributed by atoms with Gasteiger partial charge in [-0.2, -0.15) is 0 Å². The lowest BCUT2D eigenvalue weighted by molar-refractivity contribution is -0.117. The number of hydrogen-bond donors (Lipinski definition) is 1. The highest BCUT2D eigenvalue weighted by molar-refractivity contribution is 5.99. The summed E-state index contributed by atoms with van der Waals surface area (Å²) in [6, 6.07) is 13.0. The van der Waals surface area contributed by atoms with Gasteiger partial charge in [0.1, 0.15) is 5.75 Å². The van der Waals surface area contributed by atoms with Gasteiger partial charge in [0.25, 0.3) is 5.91 Å². The van der Waals surface area contributed by atoms with Crippen molar-refractivity contribution in [3.63, 3.8) is 0 Å². The third-order valence-corrected chi connectivity index (χ3v) is 5.15. The Hall–Kier alpha value is -2.82. The molecule has 2 aromatic rings. The Morgan fingerprint density at radius 1 is 1.14 bits per heavy atom. The summed E-state index contributed by atoms with van der Waals surface area (Å²) in [4.78, 5) is 26.7. The molecule has 0 aliphatic carbocycles. The fraction of sp³-hybridized carbons (Fsp3) is 0.391. The Balaban J connectivity index is 1.58. The number of hydrogen-bond acceptors (Lipinski definition) is 3. The molecule has 1 saturated heterocycles. The molecular formula is C23H28N2O3. The standard InChI is InChI=1S/C23H28N2O3/c1-4-5-12-28-21-10-7-18(8-11-21)23(27)24-19-14-22(26)25(15-19)20-9-6-16(2)17(3)13-20/h6-11,13,19H,4-5,12,14-15H2,1-3H3,(H,24,27). The first-order valence-electron chi connectivity index (χ1n) is 9.89. The highest BCUT2D eigenvalue weighted by Crippen LogP contribution is 2.24. The topological polar surface area (TPSA) is 58.6 Å². The number of carbonyl (C=O) groups excluding carboxylic acids is 2. The first-order valence-corrected chi connectivity index (χ1v) is 9.89. The summed E-state index contributed by atoms with van der Waals surface area (Å²) >= 11 is 0. The third kappa shape index (κ3) is 4.71. The van der Waals surface area contributed by atoms with Crippen LogP contribution in [0.2, 0.25) is 0 Å². The molecule has 1 fully saturated rings. The zero-order valence-corrected chi connectivity index (χ0v) is 16.8. The smallest absolute Gasteiger partial charge is 0.251 e. The molecule has 1 atom stereocenters. The first-order chi connectivity index (χ1) is 13.5. The molecule has 1 heterocycles. The van der Waals surface area contributed by atoms with Crippen LogP contribution in [-0.4, -0.2) is 31.0 Å². The molecule has 1 aliphatic heterocycles. The quantitative estimate of drug-likeness (QED) is 0.738. The number of unbranched alkanes of at least 4 members (excludes halogenated alkanes) is 1. The molecule has 2 aromatic carbocycles. The van der Waals surface area contributed by atoms with Crippen LogP contribution in [0, 0.1) is 13.8 Å². The third-order valence-electron chi connectivity index (χ3n) is 5.15. The number of anilines is 1. The van der Waals surface area contributed by atoms with E-state index in [9.17, 15) is 9.59 Å². The minimum Gasteiger partial charge on any atom is -0.494 e. The van der Waals surface area contributed by atoms with E-state index in [2.05, 4.69) is 12.2 Å². The maximum Gasteiger partial charge on any atom is 0.251 e. The molecule has 5 nitrogen and oxygen atoms in total. The normalized spacial score (nSPS) is 16.3. The molecular weight excluding hydrogens is 352 g/mol. The average molecular weight is 380 g/mol. The summed E-state index contributed by atoms with van der Waals surface area (Å²) in [7, 11) is 0. The highest BCUT2D eigenvalue weighted by Gasteiger charge is 2.31. The van der Waals surface area contributed by atoms with Crippen LogP contribution in [0.25, 0.3) is 0 Å². The maximum absolute atomic E-state index is 12.5. The zero-order chi connectivity index (χ0) is 20.1. The van der Waals surface area contributed by atoms with Crippen molar-refractivity contribution in [2.24, 2.45) is 0 Å². The number of nitrogens with zero attached hydrogens (tertiary/aromatic N) is 1. The second-order valence-electron chi connectivity index (χ2n) is 7.37. The van der Waals surface area contributed by atoms with Gasteiger partial charge in [-0.1, -0.05) is 19.4 Å². The fourth-order valence-electron chi connectivity index (χ4n) is 3.25. The van der Waals surface area contributed by atoms with Crippen molar-refractivity contribution in [2.75, 3.05) is 18.1 Å². The summed E-state index contributed by atoms with van der Waals surface area (Å²) in [5.74, 6) is 0.634. The van der Waals surface area contributed by atoms with Crippen molar-refractivity contribution >= 4 is 17.5 Å². The van der Waals surface area contributed by atoms with Crippen LogP contribution >= 0.6 is 0 Å². The van der Waals surface area contributed by atoms with E-state index >= 15 is 0 Å². The van der Waals surface area contributed by atoms with E-state index in [-0.39, 0.29) is 17.9 Å². The molecule has 148 valence electrons. The number of ether oxygens (including phenoxy) is 1. The Kier molecular flexibility index (Phi) is 6.34. The van der Waals surface area contributed by atoms with E-state index in [0.29, 0.717) is 25.1 Å². The monoisotopic (exact) mass is 380 g/mol. The van der Waals surface area contributed by atoms with Crippen LogP contribution in [0.4, 0.5) is 5.69 Å². The van der Waals surface area contributed by atoms with Crippen molar-refractivity contribution < 1.29 is 14.3 Å². The summed E-state index contributed by atoms with van der Waals surface area (Å²) in [5.41, 5.74) is 3.81. The van der Waals surface area contributed by atoms with Gasteiger partial charge in [0.2, 0.25) is 5.91 Å². The maximum atomic E-state index is 12.5. The van der Waals surface area contributed by atoms with Crippen molar-refractivity contribution in [1.29, 1.82) is 0 Å². The van der Waals surface area contributed by atoms with Gasteiger partial charge in [-0.3, -0.25) is 9.59 Å². The summed E-state index contributed by atoms with van der Waals surface area (Å²) in [5, 5.41) is 2.98. The fourth-order valence-corrected chi connectivity index (χ4v) is 3.25. The lowest BCUT2D eigenvalue weighted by atomic mass is 10.1. The number of carbonyl (C=O) groups is 2. The first kappa shape index (κ1) is 19.9. The van der Waals surface area contributed by atoms with Gasteiger partial charge < -0.3 is 15.0 Å². The SMILES string of the molecule is CCCCOc1ccc(C(=O)NC2CC(=O)N(c3ccc(C)c(C)c3)C2)cc1. The number of rotatable bonds is 7. The molecule has 28 heavy (non-hydrogen) atoms. The van der Waals surface area contributed by atoms with Gasteiger partial charge in [0, 0.05) is 24.2 Å². The molecule has 2 amide bonds. The average Bonchev–Trinajstić information content (AvgIpc) is 3.05. The van der Waals surface area contributed by atoms with Crippen LogP contribution in [0.3, 0.4) is 0 Å². The van der Waals surface area contributed by atoms with Crippen molar-refractivity contribution in [3.8, 4) is 5.75 Å². The van der Waals surface area contributed by atoms with E-state index in [1.165, 1.54) is 5.56 Å². The molecule has 3 rings (SSSR count). The van der Waals surface area contributed by atoms with Crippen molar-refractivity contribution in [3.05, 3.63) is 59.2 Å². The van der Waals surface area contributed by atoms with E-state index in [1.54, 1.807) is 17.0 Å². The van der Waals surface area contributed by atoms with E-state index < -0.39 is 0 Å². The van der Waals surface area contributed by atoms with Crippen molar-refractivity contribution in [2.45, 2.75) is 46.1 Å². The second kappa shape index (κ2) is 8.91. The Bertz CT molecular complexity index is 845. The van der Waals surface area contributed by atoms with E-state index in [1.807, 2.05) is 44.2 Å². The second-order valence-corrected chi connectivity index (χ2v) is 7.37. The van der Waals surface area contributed by atoms with Crippen LogP contribution in [0.5, 0.6) is 5.75 Å². The molecule has 0 radical (unpaired) electrons. The predicted octanol–water partition coefficient (Wildman–Crippen LogP) is 4.02. The van der Waals surface area contributed by atoms with E-state index in [4.69, 9.17) is 4.74 Å². The van der Waals surface area contributed by atoms with Gasteiger partial charge in [0.05, 0.1) is 12.6 Å². The van der Waals surface area contributed by atoms with Crippen LogP contribution < -0.4 is 15.0 Å². The van der Waals surface area contributed by atoms with E-state index in [0.717, 1.165) is 29.8 Å². The van der Waals surface area contributed by atoms with Crippen LogP contribution in [-0.2, 0) is 4.79 Å². The summed E-state index contributed by atoms with van der Waals surface area (Å²) < 4.78 is 5.63. The van der Waals surface area contributed by atoms with Gasteiger partial charge >= 0.3 is 0 Å². The van der Waals surface area contributed by atoms with Gasteiger partial charge in [-0.15, -0.1) is 0 Å². The highest BCUT2D eigenvalue weighted by atomic mass is 16.5. The minimum atomic E-state index is -0.193. The zero-order valence-electron chi connectivity index (χ0n) is 16.8. The molecule has 0 bridgehead atoms. The lowest BCUT2D eigenvalue weighted by Gasteiger charge is -2.18. The van der Waals surface area contributed by atoms with Crippen molar-refractivity contribution in [1.82, 2.24) is 5.32 Å². The molecule has 1 unspecified atom stereocenters. The number of amides is 2. The molecule has 1 aliphatic rings.